The van der Waals surface area contributed by atoms with E-state index in [1.54, 1.807) is 12.1 Å². The fourth-order valence-corrected chi connectivity index (χ4v) is 5.03. The van der Waals surface area contributed by atoms with Crippen LogP contribution >= 0.6 is 11.6 Å². The summed E-state index contributed by atoms with van der Waals surface area (Å²) >= 11 is 6.62. The number of nitrogens with zero attached hydrogens (tertiary/aromatic N) is 3. The van der Waals surface area contributed by atoms with Gasteiger partial charge in [-0.15, -0.1) is 6.58 Å². The van der Waals surface area contributed by atoms with E-state index in [9.17, 15) is 13.2 Å². The zero-order valence-corrected chi connectivity index (χ0v) is 20.8. The highest BCUT2D eigenvalue weighted by molar-refractivity contribution is 7.90. The molecule has 0 aliphatic heterocycles. The summed E-state index contributed by atoms with van der Waals surface area (Å²) in [5, 5.41) is 0.604. The van der Waals surface area contributed by atoms with Crippen molar-refractivity contribution in [1.82, 2.24) is 19.3 Å². The molecule has 0 atom stereocenters. The molecule has 2 aromatic heterocycles. The summed E-state index contributed by atoms with van der Waals surface area (Å²) in [5.74, 6) is -0.243. The van der Waals surface area contributed by atoms with E-state index in [2.05, 4.69) is 21.3 Å². The first-order valence-corrected chi connectivity index (χ1v) is 13.1. The molecule has 4 aromatic rings. The quantitative estimate of drug-likeness (QED) is 0.250. The van der Waals surface area contributed by atoms with Crippen molar-refractivity contribution in [3.05, 3.63) is 95.4 Å². The number of allylic oxidation sites excluding steroid dienone is 1. The van der Waals surface area contributed by atoms with E-state index in [1.165, 1.54) is 6.07 Å². The molecule has 2 heterocycles. The Bertz CT molecular complexity index is 1500. The number of aryl methyl sites for hydroxylation is 1. The lowest BCUT2D eigenvalue weighted by atomic mass is 10.0. The topological polar surface area (TPSA) is 94.0 Å². The number of sulfonamides is 1. The number of benzene rings is 2. The summed E-state index contributed by atoms with van der Waals surface area (Å²) in [7, 11) is -3.77. The Kier molecular flexibility index (Phi) is 7.33. The van der Waals surface area contributed by atoms with Gasteiger partial charge in [0, 0.05) is 5.02 Å². The van der Waals surface area contributed by atoms with Crippen LogP contribution < -0.4 is 4.72 Å². The number of fused-ring (bicyclic) bond motifs is 1. The minimum atomic E-state index is -3.77. The predicted molar refractivity (Wildman–Crippen MR) is 139 cm³/mol. The van der Waals surface area contributed by atoms with Crippen molar-refractivity contribution < 1.29 is 13.2 Å². The lowest BCUT2D eigenvalue weighted by Gasteiger charge is -2.11. The predicted octanol–water partition coefficient (Wildman–Crippen LogP) is 5.13. The number of aromatic nitrogens is 3. The fourth-order valence-electron chi connectivity index (χ4n) is 3.75. The van der Waals surface area contributed by atoms with Gasteiger partial charge >= 0.3 is 0 Å². The second-order valence-corrected chi connectivity index (χ2v) is 10.4. The van der Waals surface area contributed by atoms with Gasteiger partial charge in [-0.25, -0.2) is 23.1 Å². The maximum atomic E-state index is 12.6. The van der Waals surface area contributed by atoms with Crippen LogP contribution in [0, 0.1) is 6.92 Å². The molecule has 1 N–H and O–H groups in total. The molecule has 0 spiro atoms. The molecule has 35 heavy (non-hydrogen) atoms. The maximum Gasteiger partial charge on any atom is 0.283 e. The zero-order chi connectivity index (χ0) is 25.0. The van der Waals surface area contributed by atoms with Crippen LogP contribution in [0.25, 0.3) is 22.3 Å². The highest BCUT2D eigenvalue weighted by Crippen LogP contribution is 2.27. The monoisotopic (exact) mass is 508 g/mol. The molecule has 1 amide bonds. The van der Waals surface area contributed by atoms with Gasteiger partial charge in [-0.3, -0.25) is 4.79 Å². The molecule has 180 valence electrons. The van der Waals surface area contributed by atoms with Crippen molar-refractivity contribution in [1.29, 1.82) is 0 Å². The average Bonchev–Trinajstić information content (AvgIpc) is 3.14. The summed E-state index contributed by atoms with van der Waals surface area (Å²) in [6, 6.07) is 19.0. The van der Waals surface area contributed by atoms with Crippen LogP contribution in [0.1, 0.15) is 34.7 Å². The highest BCUT2D eigenvalue weighted by atomic mass is 35.5. The van der Waals surface area contributed by atoms with Crippen LogP contribution in [0.5, 0.6) is 0 Å². The van der Waals surface area contributed by atoms with E-state index in [0.717, 1.165) is 16.7 Å². The van der Waals surface area contributed by atoms with Gasteiger partial charge in [-0.2, -0.15) is 0 Å². The van der Waals surface area contributed by atoms with Gasteiger partial charge in [0.1, 0.15) is 17.0 Å². The lowest BCUT2D eigenvalue weighted by molar-refractivity contribution is 0.0977. The first-order chi connectivity index (χ1) is 16.8. The number of rotatable bonds is 9. The first kappa shape index (κ1) is 24.6. The molecule has 0 unspecified atom stereocenters. The first-order valence-electron chi connectivity index (χ1n) is 11.1. The summed E-state index contributed by atoms with van der Waals surface area (Å²) < 4.78 is 28.4. The number of nitrogens with one attached hydrogen (secondary N) is 1. The number of carbonyl (C=O) groups excluding carboxylic acids is 1. The van der Waals surface area contributed by atoms with Crippen molar-refractivity contribution in [2.45, 2.75) is 26.3 Å². The Morgan fingerprint density at radius 3 is 2.57 bits per heavy atom. The zero-order valence-electron chi connectivity index (χ0n) is 19.2. The van der Waals surface area contributed by atoms with Gasteiger partial charge < -0.3 is 4.57 Å². The number of hydrogen-bond acceptors (Lipinski definition) is 5. The number of amides is 1. The third kappa shape index (κ3) is 5.78. The molecule has 0 saturated heterocycles. The molecule has 0 aliphatic carbocycles. The molecule has 9 heteroatoms. The molecule has 0 aliphatic rings. The molecule has 4 rings (SSSR count). The number of hydrogen-bond donors (Lipinski definition) is 1. The standard InChI is InChI=1S/C26H25ClN4O3S/c1-3-4-8-15-35(33,34)30-26(32)24-14-13-23-25(29-24)31(18(2)28-23)17-21-12-11-20(16-22(21)27)19-9-6-5-7-10-19/h3,5-7,9-14,16H,1,4,8,15,17H2,2H3,(H,30,32). The maximum absolute atomic E-state index is 12.6. The van der Waals surface area contributed by atoms with E-state index in [-0.39, 0.29) is 11.4 Å². The normalized spacial score (nSPS) is 11.5. The van der Waals surface area contributed by atoms with Crippen molar-refractivity contribution in [2.24, 2.45) is 0 Å². The molecular weight excluding hydrogens is 484 g/mol. The SMILES string of the molecule is C=CCCCS(=O)(=O)NC(=O)c1ccc2nc(C)n(Cc3ccc(-c4ccccc4)cc3Cl)c2n1. The number of imidazole rings is 1. The Morgan fingerprint density at radius 1 is 1.09 bits per heavy atom. The van der Waals surface area contributed by atoms with E-state index in [1.807, 2.05) is 60.0 Å². The molecule has 0 fully saturated rings. The summed E-state index contributed by atoms with van der Waals surface area (Å²) in [6.07, 6.45) is 2.57. The van der Waals surface area contributed by atoms with Crippen LogP contribution in [-0.2, 0) is 16.6 Å². The molecule has 7 nitrogen and oxygen atoms in total. The van der Waals surface area contributed by atoms with Crippen LogP contribution in [0.3, 0.4) is 0 Å². The van der Waals surface area contributed by atoms with Gasteiger partial charge in [0.15, 0.2) is 5.65 Å². The van der Waals surface area contributed by atoms with E-state index in [4.69, 9.17) is 11.6 Å². The fraction of sp³-hybridized carbons (Fsp3) is 0.192. The third-order valence-corrected chi connectivity index (χ3v) is 7.25. The Morgan fingerprint density at radius 2 is 1.86 bits per heavy atom. The van der Waals surface area contributed by atoms with Gasteiger partial charge in [0.05, 0.1) is 12.3 Å². The number of carbonyl (C=O) groups is 1. The van der Waals surface area contributed by atoms with Crippen molar-refractivity contribution in [3.63, 3.8) is 0 Å². The second-order valence-electron chi connectivity index (χ2n) is 8.14. The number of pyridine rings is 1. The van der Waals surface area contributed by atoms with Gasteiger partial charge in [-0.05, 0) is 54.7 Å². The van der Waals surface area contributed by atoms with Gasteiger partial charge in [0.25, 0.3) is 5.91 Å². The van der Waals surface area contributed by atoms with Crippen LogP contribution in [-0.4, -0.2) is 34.6 Å². The Hall–Kier alpha value is -3.49. The van der Waals surface area contributed by atoms with Crippen LogP contribution in [0.4, 0.5) is 0 Å². The van der Waals surface area contributed by atoms with Gasteiger partial charge in [-0.1, -0.05) is 60.1 Å². The minimum absolute atomic E-state index is 0.00327. The number of halogens is 1. The van der Waals surface area contributed by atoms with E-state index < -0.39 is 15.9 Å². The summed E-state index contributed by atoms with van der Waals surface area (Å²) in [6.45, 7) is 5.81. The van der Waals surface area contributed by atoms with Gasteiger partial charge in [0.2, 0.25) is 10.0 Å². The van der Waals surface area contributed by atoms with E-state index >= 15 is 0 Å². The highest BCUT2D eigenvalue weighted by Gasteiger charge is 2.19. The summed E-state index contributed by atoms with van der Waals surface area (Å²) in [5.41, 5.74) is 4.03. The molecule has 0 saturated carbocycles. The van der Waals surface area contributed by atoms with Crippen molar-refractivity contribution in [3.8, 4) is 11.1 Å². The molecule has 2 aromatic carbocycles. The smallest absolute Gasteiger partial charge is 0.283 e. The van der Waals surface area contributed by atoms with E-state index in [0.29, 0.717) is 41.4 Å². The van der Waals surface area contributed by atoms with Crippen LogP contribution in [0.15, 0.2) is 73.3 Å². The molecule has 0 bridgehead atoms. The Balaban J connectivity index is 1.60. The minimum Gasteiger partial charge on any atom is -0.308 e. The summed E-state index contributed by atoms with van der Waals surface area (Å²) in [4.78, 5) is 21.6. The average molecular weight is 509 g/mol. The lowest BCUT2D eigenvalue weighted by Crippen LogP contribution is -2.33. The second kappa shape index (κ2) is 10.4. The molecular formula is C26H25ClN4O3S. The van der Waals surface area contributed by atoms with Crippen molar-refractivity contribution >= 4 is 38.7 Å². The van der Waals surface area contributed by atoms with Crippen molar-refractivity contribution in [2.75, 3.05) is 5.75 Å². The number of unbranched alkanes of at least 4 members (excludes halogenated alkanes) is 1. The molecule has 0 radical (unpaired) electrons. The largest absolute Gasteiger partial charge is 0.308 e. The van der Waals surface area contributed by atoms with Crippen LogP contribution in [0.2, 0.25) is 5.02 Å². The third-order valence-electron chi connectivity index (χ3n) is 5.57. The Labute approximate surface area is 209 Å².